The second-order valence-electron chi connectivity index (χ2n) is 3.87. The van der Waals surface area contributed by atoms with Crippen molar-refractivity contribution in [1.29, 1.82) is 0 Å². The van der Waals surface area contributed by atoms with Crippen molar-refractivity contribution in [2.24, 2.45) is 5.92 Å². The standard InChI is InChI=1S/C10H17N3/c1-8(10-12-5-6-13-10)9-3-2-4-11-7-9/h5-6,8-9,11H,2-4,7H2,1H3,(H,12,13). The summed E-state index contributed by atoms with van der Waals surface area (Å²) in [5, 5.41) is 3.44. The van der Waals surface area contributed by atoms with Gasteiger partial charge in [0.2, 0.25) is 0 Å². The Hall–Kier alpha value is -0.830. The molecule has 1 saturated heterocycles. The van der Waals surface area contributed by atoms with Crippen LogP contribution >= 0.6 is 0 Å². The molecule has 1 aromatic heterocycles. The van der Waals surface area contributed by atoms with E-state index in [0.717, 1.165) is 18.3 Å². The lowest BCUT2D eigenvalue weighted by Gasteiger charge is -2.27. The molecule has 0 aromatic carbocycles. The smallest absolute Gasteiger partial charge is 0.109 e. The Kier molecular flexibility index (Phi) is 2.64. The summed E-state index contributed by atoms with van der Waals surface area (Å²) in [4.78, 5) is 7.50. The van der Waals surface area contributed by atoms with Crippen LogP contribution in [0.15, 0.2) is 12.4 Å². The average molecular weight is 179 g/mol. The summed E-state index contributed by atoms with van der Waals surface area (Å²) in [6, 6.07) is 0. The van der Waals surface area contributed by atoms with Gasteiger partial charge in [-0.15, -0.1) is 0 Å². The van der Waals surface area contributed by atoms with E-state index >= 15 is 0 Å². The topological polar surface area (TPSA) is 40.7 Å². The van der Waals surface area contributed by atoms with Gasteiger partial charge in [0.05, 0.1) is 0 Å². The zero-order valence-electron chi connectivity index (χ0n) is 8.09. The number of rotatable bonds is 2. The molecule has 1 fully saturated rings. The molecule has 0 aliphatic carbocycles. The quantitative estimate of drug-likeness (QED) is 0.722. The first-order valence-electron chi connectivity index (χ1n) is 5.08. The minimum absolute atomic E-state index is 0.558. The number of aromatic amines is 1. The molecule has 2 heterocycles. The van der Waals surface area contributed by atoms with E-state index in [4.69, 9.17) is 0 Å². The van der Waals surface area contributed by atoms with E-state index in [1.807, 2.05) is 12.4 Å². The Morgan fingerprint density at radius 2 is 2.54 bits per heavy atom. The van der Waals surface area contributed by atoms with Gasteiger partial charge in [-0.1, -0.05) is 6.92 Å². The molecule has 1 aromatic rings. The molecule has 0 radical (unpaired) electrons. The van der Waals surface area contributed by atoms with Crippen LogP contribution in [0.4, 0.5) is 0 Å². The van der Waals surface area contributed by atoms with Crippen LogP contribution in [0.2, 0.25) is 0 Å². The Labute approximate surface area is 79.0 Å². The molecule has 3 nitrogen and oxygen atoms in total. The minimum Gasteiger partial charge on any atom is -0.348 e. The first kappa shape index (κ1) is 8.75. The van der Waals surface area contributed by atoms with Gasteiger partial charge >= 0.3 is 0 Å². The number of nitrogens with zero attached hydrogens (tertiary/aromatic N) is 1. The van der Waals surface area contributed by atoms with Gasteiger partial charge in [-0.3, -0.25) is 0 Å². The van der Waals surface area contributed by atoms with Gasteiger partial charge < -0.3 is 10.3 Å². The molecule has 2 rings (SSSR count). The molecule has 0 saturated carbocycles. The lowest BCUT2D eigenvalue weighted by atomic mass is 9.87. The molecule has 13 heavy (non-hydrogen) atoms. The molecular formula is C10H17N3. The van der Waals surface area contributed by atoms with Crippen LogP contribution in [0.5, 0.6) is 0 Å². The maximum absolute atomic E-state index is 4.31. The maximum Gasteiger partial charge on any atom is 0.109 e. The van der Waals surface area contributed by atoms with Crippen molar-refractivity contribution in [2.45, 2.75) is 25.7 Å². The minimum atomic E-state index is 0.558. The van der Waals surface area contributed by atoms with Crippen molar-refractivity contribution in [3.63, 3.8) is 0 Å². The van der Waals surface area contributed by atoms with Gasteiger partial charge in [0.25, 0.3) is 0 Å². The van der Waals surface area contributed by atoms with Crippen molar-refractivity contribution in [3.05, 3.63) is 18.2 Å². The van der Waals surface area contributed by atoms with Gasteiger partial charge in [-0.05, 0) is 31.8 Å². The van der Waals surface area contributed by atoms with Crippen LogP contribution < -0.4 is 5.32 Å². The molecule has 0 spiro atoms. The number of hydrogen-bond acceptors (Lipinski definition) is 2. The summed E-state index contributed by atoms with van der Waals surface area (Å²) < 4.78 is 0. The molecule has 1 aliphatic heterocycles. The van der Waals surface area contributed by atoms with Crippen LogP contribution in [0.1, 0.15) is 31.5 Å². The fraction of sp³-hybridized carbons (Fsp3) is 0.700. The summed E-state index contributed by atoms with van der Waals surface area (Å²) in [5.41, 5.74) is 0. The lowest BCUT2D eigenvalue weighted by Crippen LogP contribution is -2.32. The Morgan fingerprint density at radius 3 is 3.15 bits per heavy atom. The van der Waals surface area contributed by atoms with E-state index in [-0.39, 0.29) is 0 Å². The highest BCUT2D eigenvalue weighted by atomic mass is 14.9. The fourth-order valence-electron chi connectivity index (χ4n) is 2.06. The molecule has 2 N–H and O–H groups in total. The summed E-state index contributed by atoms with van der Waals surface area (Å²) in [7, 11) is 0. The van der Waals surface area contributed by atoms with Gasteiger partial charge in [-0.25, -0.2) is 4.98 Å². The lowest BCUT2D eigenvalue weighted by molar-refractivity contribution is 0.328. The highest BCUT2D eigenvalue weighted by Crippen LogP contribution is 2.26. The SMILES string of the molecule is CC(c1ncc[nH]1)C1CCCNC1. The summed E-state index contributed by atoms with van der Waals surface area (Å²) in [6.45, 7) is 4.58. The molecule has 0 bridgehead atoms. The maximum atomic E-state index is 4.31. The molecule has 0 amide bonds. The molecule has 3 heteroatoms. The van der Waals surface area contributed by atoms with Crippen LogP contribution in [-0.2, 0) is 0 Å². The third kappa shape index (κ3) is 1.91. The monoisotopic (exact) mass is 179 g/mol. The van der Waals surface area contributed by atoms with Gasteiger partial charge in [0.1, 0.15) is 5.82 Å². The van der Waals surface area contributed by atoms with Gasteiger partial charge in [-0.2, -0.15) is 0 Å². The largest absolute Gasteiger partial charge is 0.348 e. The predicted molar refractivity (Wildman–Crippen MR) is 52.6 cm³/mol. The Morgan fingerprint density at radius 1 is 1.62 bits per heavy atom. The normalized spacial score (nSPS) is 25.8. The fourth-order valence-corrected chi connectivity index (χ4v) is 2.06. The number of imidazole rings is 1. The Balaban J connectivity index is 1.99. The van der Waals surface area contributed by atoms with Crippen LogP contribution in [0.25, 0.3) is 0 Å². The number of hydrogen-bond donors (Lipinski definition) is 2. The van der Waals surface area contributed by atoms with E-state index in [2.05, 4.69) is 22.2 Å². The summed E-state index contributed by atoms with van der Waals surface area (Å²) >= 11 is 0. The Bertz CT molecular complexity index is 237. The van der Waals surface area contributed by atoms with Crippen LogP contribution in [0.3, 0.4) is 0 Å². The zero-order valence-corrected chi connectivity index (χ0v) is 8.09. The zero-order chi connectivity index (χ0) is 9.10. The van der Waals surface area contributed by atoms with Crippen LogP contribution in [0, 0.1) is 5.92 Å². The number of piperidine rings is 1. The van der Waals surface area contributed by atoms with Crippen molar-refractivity contribution in [3.8, 4) is 0 Å². The van der Waals surface area contributed by atoms with Crippen molar-refractivity contribution in [2.75, 3.05) is 13.1 Å². The third-order valence-corrected chi connectivity index (χ3v) is 2.99. The van der Waals surface area contributed by atoms with Crippen molar-refractivity contribution < 1.29 is 0 Å². The van der Waals surface area contributed by atoms with E-state index in [1.54, 1.807) is 0 Å². The first-order chi connectivity index (χ1) is 6.38. The highest BCUT2D eigenvalue weighted by Gasteiger charge is 2.22. The van der Waals surface area contributed by atoms with E-state index < -0.39 is 0 Å². The number of H-pyrrole nitrogens is 1. The summed E-state index contributed by atoms with van der Waals surface area (Å²) in [5.74, 6) is 2.44. The second-order valence-corrected chi connectivity index (χ2v) is 3.87. The van der Waals surface area contributed by atoms with E-state index in [0.29, 0.717) is 5.92 Å². The second kappa shape index (κ2) is 3.92. The van der Waals surface area contributed by atoms with Crippen molar-refractivity contribution in [1.82, 2.24) is 15.3 Å². The molecule has 2 unspecified atom stereocenters. The van der Waals surface area contributed by atoms with Gasteiger partial charge in [0, 0.05) is 18.3 Å². The molecule has 1 aliphatic rings. The van der Waals surface area contributed by atoms with Crippen LogP contribution in [-0.4, -0.2) is 23.1 Å². The highest BCUT2D eigenvalue weighted by molar-refractivity contribution is 4.98. The average Bonchev–Trinajstić information content (AvgIpc) is 2.71. The first-order valence-corrected chi connectivity index (χ1v) is 5.08. The molecule has 2 atom stereocenters. The number of aromatic nitrogens is 2. The summed E-state index contributed by atoms with van der Waals surface area (Å²) in [6.07, 6.45) is 6.37. The van der Waals surface area contributed by atoms with E-state index in [1.165, 1.54) is 19.4 Å². The van der Waals surface area contributed by atoms with Crippen molar-refractivity contribution >= 4 is 0 Å². The molecule has 72 valence electrons. The predicted octanol–water partition coefficient (Wildman–Crippen LogP) is 1.51. The third-order valence-electron chi connectivity index (χ3n) is 2.99. The van der Waals surface area contributed by atoms with E-state index in [9.17, 15) is 0 Å². The number of nitrogens with one attached hydrogen (secondary N) is 2. The molecular weight excluding hydrogens is 162 g/mol. The van der Waals surface area contributed by atoms with Gasteiger partial charge in [0.15, 0.2) is 0 Å².